The summed E-state index contributed by atoms with van der Waals surface area (Å²) in [6, 6.07) is 8.19. The van der Waals surface area contributed by atoms with Crippen molar-refractivity contribution in [1.82, 2.24) is 15.5 Å². The molecular formula is C14H16BrN3O. The van der Waals surface area contributed by atoms with Crippen molar-refractivity contribution >= 4 is 15.9 Å². The maximum Gasteiger partial charge on any atom is 0.229 e. The molecular weight excluding hydrogens is 306 g/mol. The number of hydrogen-bond donors (Lipinski definition) is 1. The van der Waals surface area contributed by atoms with Gasteiger partial charge in [0.25, 0.3) is 0 Å². The molecule has 3 rings (SSSR count). The second-order valence-electron chi connectivity index (χ2n) is 4.88. The third kappa shape index (κ3) is 3.22. The van der Waals surface area contributed by atoms with Crippen LogP contribution in [0, 0.1) is 0 Å². The minimum absolute atomic E-state index is 0.421. The van der Waals surface area contributed by atoms with Crippen LogP contribution in [0.25, 0.3) is 0 Å². The van der Waals surface area contributed by atoms with E-state index in [-0.39, 0.29) is 0 Å². The number of nitrogens with one attached hydrogen (secondary N) is 1. The Hall–Kier alpha value is -1.20. The van der Waals surface area contributed by atoms with Crippen LogP contribution in [0.2, 0.25) is 0 Å². The molecule has 1 aliphatic rings. The summed E-state index contributed by atoms with van der Waals surface area (Å²) in [5.74, 6) is 1.99. The van der Waals surface area contributed by atoms with E-state index in [4.69, 9.17) is 4.52 Å². The van der Waals surface area contributed by atoms with Gasteiger partial charge < -0.3 is 9.84 Å². The summed E-state index contributed by atoms with van der Waals surface area (Å²) in [4.78, 5) is 4.54. The van der Waals surface area contributed by atoms with Gasteiger partial charge in [-0.2, -0.15) is 4.98 Å². The van der Waals surface area contributed by atoms with Crippen molar-refractivity contribution in [3.05, 3.63) is 46.0 Å². The molecule has 0 bridgehead atoms. The van der Waals surface area contributed by atoms with Gasteiger partial charge in [-0.1, -0.05) is 33.2 Å². The highest BCUT2D eigenvalue weighted by Crippen LogP contribution is 2.24. The maximum absolute atomic E-state index is 5.41. The Kier molecular flexibility index (Phi) is 3.94. The second kappa shape index (κ2) is 5.84. The van der Waals surface area contributed by atoms with E-state index in [2.05, 4.69) is 43.5 Å². The first-order chi connectivity index (χ1) is 9.31. The number of aromatic nitrogens is 2. The topological polar surface area (TPSA) is 51.0 Å². The van der Waals surface area contributed by atoms with Crippen molar-refractivity contribution in [3.63, 3.8) is 0 Å². The van der Waals surface area contributed by atoms with E-state index in [0.29, 0.717) is 12.3 Å². The first-order valence-corrected chi connectivity index (χ1v) is 7.38. The Morgan fingerprint density at radius 2 is 2.16 bits per heavy atom. The van der Waals surface area contributed by atoms with Gasteiger partial charge >= 0.3 is 0 Å². The van der Waals surface area contributed by atoms with Gasteiger partial charge in [0.1, 0.15) is 0 Å². The van der Waals surface area contributed by atoms with Gasteiger partial charge in [-0.15, -0.1) is 0 Å². The van der Waals surface area contributed by atoms with Crippen molar-refractivity contribution in [2.45, 2.75) is 25.2 Å². The van der Waals surface area contributed by atoms with E-state index in [1.807, 2.05) is 12.1 Å². The molecule has 1 fully saturated rings. The molecule has 1 aromatic heterocycles. The summed E-state index contributed by atoms with van der Waals surface area (Å²) in [5.41, 5.74) is 1.19. The average molecular weight is 322 g/mol. The molecule has 2 aromatic rings. The van der Waals surface area contributed by atoms with Crippen LogP contribution in [0.4, 0.5) is 0 Å². The van der Waals surface area contributed by atoms with E-state index >= 15 is 0 Å². The lowest BCUT2D eigenvalue weighted by molar-refractivity contribution is 0.318. The smallest absolute Gasteiger partial charge is 0.229 e. The van der Waals surface area contributed by atoms with Gasteiger partial charge in [0.15, 0.2) is 5.82 Å². The number of halogens is 1. The fourth-order valence-corrected chi connectivity index (χ4v) is 2.85. The Labute approximate surface area is 120 Å². The van der Waals surface area contributed by atoms with Gasteiger partial charge in [0, 0.05) is 16.8 Å². The lowest BCUT2D eigenvalue weighted by atomic mass is 9.98. The highest BCUT2D eigenvalue weighted by Gasteiger charge is 2.21. The fraction of sp³-hybridized carbons (Fsp3) is 0.429. The highest BCUT2D eigenvalue weighted by atomic mass is 79.9. The molecule has 0 atom stereocenters. The predicted molar refractivity (Wildman–Crippen MR) is 76.1 cm³/mol. The number of benzene rings is 1. The third-order valence-electron chi connectivity index (χ3n) is 3.42. The van der Waals surface area contributed by atoms with Crippen LogP contribution in [0.5, 0.6) is 0 Å². The summed E-state index contributed by atoms with van der Waals surface area (Å²) < 4.78 is 6.48. The molecule has 4 nitrogen and oxygen atoms in total. The highest BCUT2D eigenvalue weighted by molar-refractivity contribution is 9.10. The normalized spacial score (nSPS) is 16.7. The van der Waals surface area contributed by atoms with Crippen LogP contribution >= 0.6 is 15.9 Å². The van der Waals surface area contributed by atoms with Crippen molar-refractivity contribution in [3.8, 4) is 0 Å². The molecule has 0 saturated carbocycles. The molecule has 1 aromatic carbocycles. The minimum atomic E-state index is 0.421. The monoisotopic (exact) mass is 321 g/mol. The zero-order chi connectivity index (χ0) is 13.1. The van der Waals surface area contributed by atoms with Gasteiger partial charge in [-0.05, 0) is 43.6 Å². The molecule has 0 unspecified atom stereocenters. The standard InChI is InChI=1S/C14H16BrN3O/c15-12-3-1-2-10(8-12)9-13-17-14(19-18-13)11-4-6-16-7-5-11/h1-3,8,11,16H,4-7,9H2. The third-order valence-corrected chi connectivity index (χ3v) is 3.92. The van der Waals surface area contributed by atoms with Crippen LogP contribution < -0.4 is 5.32 Å². The molecule has 19 heavy (non-hydrogen) atoms. The van der Waals surface area contributed by atoms with E-state index < -0.39 is 0 Å². The Bertz CT molecular complexity index is 549. The number of piperidine rings is 1. The number of hydrogen-bond acceptors (Lipinski definition) is 4. The van der Waals surface area contributed by atoms with Crippen molar-refractivity contribution in [1.29, 1.82) is 0 Å². The Morgan fingerprint density at radius 3 is 2.95 bits per heavy atom. The molecule has 1 aliphatic heterocycles. The SMILES string of the molecule is Brc1cccc(Cc2noc(C3CCNCC3)n2)c1. The van der Waals surface area contributed by atoms with E-state index in [1.54, 1.807) is 0 Å². The van der Waals surface area contributed by atoms with E-state index in [1.165, 1.54) is 5.56 Å². The molecule has 100 valence electrons. The molecule has 1 N–H and O–H groups in total. The van der Waals surface area contributed by atoms with Crippen LogP contribution in [-0.2, 0) is 6.42 Å². The number of nitrogens with zero attached hydrogens (tertiary/aromatic N) is 2. The minimum Gasteiger partial charge on any atom is -0.339 e. The van der Waals surface area contributed by atoms with Crippen LogP contribution in [-0.4, -0.2) is 23.2 Å². The lowest BCUT2D eigenvalue weighted by Gasteiger charge is -2.18. The second-order valence-corrected chi connectivity index (χ2v) is 5.80. The molecule has 2 heterocycles. The van der Waals surface area contributed by atoms with Crippen molar-refractivity contribution in [2.24, 2.45) is 0 Å². The van der Waals surface area contributed by atoms with E-state index in [0.717, 1.165) is 42.1 Å². The number of rotatable bonds is 3. The average Bonchev–Trinajstić information content (AvgIpc) is 2.88. The Balaban J connectivity index is 1.70. The van der Waals surface area contributed by atoms with E-state index in [9.17, 15) is 0 Å². The first-order valence-electron chi connectivity index (χ1n) is 6.59. The summed E-state index contributed by atoms with van der Waals surface area (Å²) in [6.07, 6.45) is 2.88. The lowest BCUT2D eigenvalue weighted by Crippen LogP contribution is -2.26. The summed E-state index contributed by atoms with van der Waals surface area (Å²) in [5, 5.41) is 7.44. The Morgan fingerprint density at radius 1 is 1.32 bits per heavy atom. The van der Waals surface area contributed by atoms with Gasteiger partial charge in [0.05, 0.1) is 0 Å². The first kappa shape index (κ1) is 12.8. The zero-order valence-corrected chi connectivity index (χ0v) is 12.2. The van der Waals surface area contributed by atoms with Gasteiger partial charge in [0.2, 0.25) is 5.89 Å². The van der Waals surface area contributed by atoms with Crippen LogP contribution in [0.15, 0.2) is 33.3 Å². The van der Waals surface area contributed by atoms with Crippen LogP contribution in [0.1, 0.15) is 36.0 Å². The summed E-state index contributed by atoms with van der Waals surface area (Å²) in [6.45, 7) is 2.07. The van der Waals surface area contributed by atoms with Gasteiger partial charge in [-0.3, -0.25) is 0 Å². The predicted octanol–water partition coefficient (Wildman–Crippen LogP) is 2.89. The van der Waals surface area contributed by atoms with Gasteiger partial charge in [-0.25, -0.2) is 0 Å². The largest absolute Gasteiger partial charge is 0.339 e. The fourth-order valence-electron chi connectivity index (χ4n) is 2.40. The van der Waals surface area contributed by atoms with Crippen molar-refractivity contribution < 1.29 is 4.52 Å². The summed E-state index contributed by atoms with van der Waals surface area (Å²) >= 11 is 3.47. The molecule has 5 heteroatoms. The quantitative estimate of drug-likeness (QED) is 0.944. The summed E-state index contributed by atoms with van der Waals surface area (Å²) in [7, 11) is 0. The molecule has 0 spiro atoms. The van der Waals surface area contributed by atoms with Crippen molar-refractivity contribution in [2.75, 3.05) is 13.1 Å². The van der Waals surface area contributed by atoms with Crippen LogP contribution in [0.3, 0.4) is 0 Å². The molecule has 0 aliphatic carbocycles. The maximum atomic E-state index is 5.41. The zero-order valence-electron chi connectivity index (χ0n) is 10.6. The molecule has 0 radical (unpaired) electrons. The molecule has 0 amide bonds. The molecule has 1 saturated heterocycles.